The number of aliphatic hydroxyl groups is 1. The Hall–Kier alpha value is -4.04. The van der Waals surface area contributed by atoms with E-state index in [2.05, 4.69) is 28.4 Å². The van der Waals surface area contributed by atoms with Crippen LogP contribution in [0.1, 0.15) is 70.1 Å². The van der Waals surface area contributed by atoms with Gasteiger partial charge in [0, 0.05) is 32.4 Å². The number of ether oxygens (including phenoxy) is 6. The van der Waals surface area contributed by atoms with E-state index in [-0.39, 0.29) is 25.1 Å². The first kappa shape index (κ1) is 37.4. The van der Waals surface area contributed by atoms with E-state index >= 15 is 0 Å². The third-order valence-corrected chi connectivity index (χ3v) is 7.82. The van der Waals surface area contributed by atoms with Crippen molar-refractivity contribution >= 4 is 11.9 Å². The number of nitrogens with zero attached hydrogens (tertiary/aromatic N) is 1. The third kappa shape index (κ3) is 11.3. The van der Waals surface area contributed by atoms with Crippen LogP contribution in [0.4, 0.5) is 0 Å². The zero-order chi connectivity index (χ0) is 34.4. The Balaban J connectivity index is 0.00000111. The first-order valence-electron chi connectivity index (χ1n) is 16.0. The van der Waals surface area contributed by atoms with Gasteiger partial charge >= 0.3 is 11.9 Å². The Bertz CT molecular complexity index is 1410. The Kier molecular flexibility index (Phi) is 14.6. The Morgan fingerprint density at radius 3 is 2.43 bits per heavy atom. The zero-order valence-corrected chi connectivity index (χ0v) is 28.7. The molecule has 0 aromatic heterocycles. The van der Waals surface area contributed by atoms with Gasteiger partial charge in [-0.2, -0.15) is 0 Å². The van der Waals surface area contributed by atoms with E-state index in [0.717, 1.165) is 48.4 Å². The maximum atomic E-state index is 13.3. The van der Waals surface area contributed by atoms with Gasteiger partial charge < -0.3 is 38.4 Å². The molecule has 2 heterocycles. The Morgan fingerprint density at radius 2 is 1.81 bits per heavy atom. The Morgan fingerprint density at radius 1 is 1.13 bits per heavy atom. The SMILES string of the molecule is C/C=C(/OC)C(OC(=O)C(O)CC#CC(C)(C)OCc1ccccc1)C1CN(CCC)CCc2cc3c(cc21)OCO3.COC(C)=O. The minimum atomic E-state index is -1.42. The van der Waals surface area contributed by atoms with Crippen LogP contribution < -0.4 is 9.47 Å². The highest BCUT2D eigenvalue weighted by Gasteiger charge is 2.37. The lowest BCUT2D eigenvalue weighted by Crippen LogP contribution is -2.38. The highest BCUT2D eigenvalue weighted by Crippen LogP contribution is 2.41. The Labute approximate surface area is 278 Å². The summed E-state index contributed by atoms with van der Waals surface area (Å²) in [6.07, 6.45) is 1.38. The predicted molar refractivity (Wildman–Crippen MR) is 178 cm³/mol. The lowest BCUT2D eigenvalue weighted by molar-refractivity contribution is -0.160. The summed E-state index contributed by atoms with van der Waals surface area (Å²) >= 11 is 0. The van der Waals surface area contributed by atoms with Crippen LogP contribution in [0, 0.1) is 11.8 Å². The molecule has 256 valence electrons. The van der Waals surface area contributed by atoms with E-state index in [9.17, 15) is 14.7 Å². The molecule has 2 aromatic rings. The van der Waals surface area contributed by atoms with Crippen molar-refractivity contribution in [3.8, 4) is 23.3 Å². The van der Waals surface area contributed by atoms with Crippen molar-refractivity contribution in [1.82, 2.24) is 4.90 Å². The lowest BCUT2D eigenvalue weighted by atomic mass is 9.87. The molecule has 0 bridgehead atoms. The van der Waals surface area contributed by atoms with E-state index in [1.165, 1.54) is 14.0 Å². The number of esters is 2. The first-order chi connectivity index (χ1) is 22.5. The van der Waals surface area contributed by atoms with Gasteiger partial charge in [-0.05, 0) is 75.1 Å². The van der Waals surface area contributed by atoms with Gasteiger partial charge in [-0.3, -0.25) is 4.79 Å². The van der Waals surface area contributed by atoms with E-state index in [4.69, 9.17) is 23.7 Å². The van der Waals surface area contributed by atoms with Crippen molar-refractivity contribution < 1.29 is 43.1 Å². The maximum Gasteiger partial charge on any atom is 0.336 e. The average molecular weight is 652 g/mol. The standard InChI is InChI=1S/C34H43NO7.C3H6O2/c1-6-17-35-18-15-25-19-30-31(40-23-39-30)20-26(25)27(21-35)32(29(7-2)38-5)42-33(37)28(36)14-11-16-34(3,4)41-22-24-12-9-8-10-13-24;1-3(4)5-2/h7-10,12-13,19-20,27-28,32,36H,6,14-15,17-18,21-23H2,1-5H3;1-2H3/b29-7+;. The van der Waals surface area contributed by atoms with Crippen LogP contribution in [0.15, 0.2) is 54.3 Å². The summed E-state index contributed by atoms with van der Waals surface area (Å²) in [7, 11) is 2.92. The second-order valence-corrected chi connectivity index (χ2v) is 11.8. The second kappa shape index (κ2) is 18.3. The highest BCUT2D eigenvalue weighted by atomic mass is 16.7. The number of rotatable bonds is 11. The number of benzene rings is 2. The number of fused-ring (bicyclic) bond motifs is 2. The molecule has 2 aliphatic rings. The summed E-state index contributed by atoms with van der Waals surface area (Å²) in [6, 6.07) is 13.9. The largest absolute Gasteiger partial charge is 0.497 e. The topological polar surface area (TPSA) is 113 Å². The van der Waals surface area contributed by atoms with E-state index in [0.29, 0.717) is 24.7 Å². The molecule has 0 spiro atoms. The third-order valence-electron chi connectivity index (χ3n) is 7.82. The summed E-state index contributed by atoms with van der Waals surface area (Å²) in [5, 5.41) is 10.8. The molecular weight excluding hydrogens is 602 g/mol. The van der Waals surface area contributed by atoms with Gasteiger partial charge in [-0.15, -0.1) is 0 Å². The number of allylic oxidation sites excluding steroid dienone is 1. The van der Waals surface area contributed by atoms with Crippen LogP contribution in [0.3, 0.4) is 0 Å². The van der Waals surface area contributed by atoms with Crippen LogP contribution >= 0.6 is 0 Å². The number of hydrogen-bond acceptors (Lipinski definition) is 10. The normalized spacial score (nSPS) is 17.0. The summed E-state index contributed by atoms with van der Waals surface area (Å²) < 4.78 is 33.2. The molecule has 0 saturated carbocycles. The molecule has 3 unspecified atom stereocenters. The molecule has 0 saturated heterocycles. The van der Waals surface area contributed by atoms with Gasteiger partial charge in [0.25, 0.3) is 0 Å². The summed E-state index contributed by atoms with van der Waals surface area (Å²) in [5.41, 5.74) is 2.44. The number of carbonyl (C=O) groups excluding carboxylic acids is 2. The fourth-order valence-corrected chi connectivity index (χ4v) is 5.34. The maximum absolute atomic E-state index is 13.3. The number of hydrogen-bond donors (Lipinski definition) is 1. The minimum absolute atomic E-state index is 0.0796. The molecule has 0 radical (unpaired) electrons. The van der Waals surface area contributed by atoms with Gasteiger partial charge in [0.15, 0.2) is 23.7 Å². The summed E-state index contributed by atoms with van der Waals surface area (Å²) in [4.78, 5) is 25.2. The molecule has 0 fully saturated rings. The number of aliphatic hydroxyl groups excluding tert-OH is 1. The molecule has 10 nitrogen and oxygen atoms in total. The molecule has 0 amide bonds. The highest BCUT2D eigenvalue weighted by molar-refractivity contribution is 5.75. The fourth-order valence-electron chi connectivity index (χ4n) is 5.34. The lowest BCUT2D eigenvalue weighted by Gasteiger charge is -2.32. The van der Waals surface area contributed by atoms with E-state index < -0.39 is 23.8 Å². The molecular formula is C37H49NO9. The van der Waals surface area contributed by atoms with Gasteiger partial charge in [-0.25, -0.2) is 4.79 Å². The van der Waals surface area contributed by atoms with E-state index in [1.54, 1.807) is 13.2 Å². The minimum Gasteiger partial charge on any atom is -0.497 e. The molecule has 3 atom stereocenters. The molecule has 4 rings (SSSR count). The summed E-state index contributed by atoms with van der Waals surface area (Å²) in [6.45, 7) is 12.1. The van der Waals surface area contributed by atoms with Crippen LogP contribution in [0.25, 0.3) is 0 Å². The monoisotopic (exact) mass is 651 g/mol. The van der Waals surface area contributed by atoms with Crippen molar-refractivity contribution in [3.05, 3.63) is 71.0 Å². The van der Waals surface area contributed by atoms with Crippen molar-refractivity contribution in [2.45, 2.75) is 84.2 Å². The second-order valence-electron chi connectivity index (χ2n) is 11.8. The smallest absolute Gasteiger partial charge is 0.336 e. The molecule has 47 heavy (non-hydrogen) atoms. The van der Waals surface area contributed by atoms with Crippen molar-refractivity contribution in [2.24, 2.45) is 0 Å². The molecule has 2 aliphatic heterocycles. The first-order valence-corrected chi connectivity index (χ1v) is 16.0. The van der Waals surface area contributed by atoms with Crippen molar-refractivity contribution in [1.29, 1.82) is 0 Å². The van der Waals surface area contributed by atoms with Crippen molar-refractivity contribution in [2.75, 3.05) is 40.6 Å². The van der Waals surface area contributed by atoms with Crippen LogP contribution in [0.2, 0.25) is 0 Å². The number of methoxy groups -OCH3 is 2. The van der Waals surface area contributed by atoms with Crippen LogP contribution in [0.5, 0.6) is 11.5 Å². The molecule has 10 heteroatoms. The molecule has 0 aliphatic carbocycles. The fraction of sp³-hybridized carbons (Fsp3) is 0.514. The number of carbonyl (C=O) groups is 2. The van der Waals surface area contributed by atoms with Crippen LogP contribution in [-0.2, 0) is 41.6 Å². The molecule has 2 aromatic carbocycles. The van der Waals surface area contributed by atoms with Gasteiger partial charge in [0.05, 0.1) is 20.8 Å². The van der Waals surface area contributed by atoms with E-state index in [1.807, 2.05) is 63.2 Å². The van der Waals surface area contributed by atoms with Gasteiger partial charge in [0.2, 0.25) is 6.79 Å². The zero-order valence-electron chi connectivity index (χ0n) is 28.7. The molecule has 1 N–H and O–H groups in total. The van der Waals surface area contributed by atoms with Crippen LogP contribution in [-0.4, -0.2) is 80.4 Å². The quantitative estimate of drug-likeness (QED) is 0.199. The predicted octanol–water partition coefficient (Wildman–Crippen LogP) is 5.16. The average Bonchev–Trinajstić information content (AvgIpc) is 3.45. The summed E-state index contributed by atoms with van der Waals surface area (Å²) in [5.74, 6) is 6.64. The van der Waals surface area contributed by atoms with Gasteiger partial charge in [0.1, 0.15) is 11.4 Å². The van der Waals surface area contributed by atoms with Crippen molar-refractivity contribution in [3.63, 3.8) is 0 Å². The van der Waals surface area contributed by atoms with Gasteiger partial charge in [-0.1, -0.05) is 49.1 Å².